The van der Waals surface area contributed by atoms with Crippen LogP contribution in [0, 0.1) is 0 Å². The summed E-state index contributed by atoms with van der Waals surface area (Å²) in [6.07, 6.45) is 5.52. The molecule has 13 heavy (non-hydrogen) atoms. The summed E-state index contributed by atoms with van der Waals surface area (Å²) in [7, 11) is 0. The van der Waals surface area contributed by atoms with Crippen molar-refractivity contribution < 1.29 is 0 Å². The molecule has 0 fully saturated rings. The van der Waals surface area contributed by atoms with Gasteiger partial charge in [0.05, 0.1) is 0 Å². The fourth-order valence-corrected chi connectivity index (χ4v) is 1.10. The smallest absolute Gasteiger partial charge is 0.00103 e. The van der Waals surface area contributed by atoms with Crippen LogP contribution >= 0.6 is 0 Å². The lowest BCUT2D eigenvalue weighted by Gasteiger charge is -2.08. The molecule has 0 unspecified atom stereocenters. The third-order valence-electron chi connectivity index (χ3n) is 1.84. The summed E-state index contributed by atoms with van der Waals surface area (Å²) in [5.74, 6) is 0. The lowest BCUT2D eigenvalue weighted by atomic mass is 10.3. The van der Waals surface area contributed by atoms with E-state index in [0.29, 0.717) is 6.04 Å². The van der Waals surface area contributed by atoms with Crippen LogP contribution in [0.25, 0.3) is 0 Å². The number of hydrogen-bond donors (Lipinski definition) is 2. The highest BCUT2D eigenvalue weighted by atomic mass is 14.9. The number of nitrogens with one attached hydrogen (secondary N) is 2. The number of rotatable bonds is 9. The van der Waals surface area contributed by atoms with E-state index in [0.717, 1.165) is 26.1 Å². The normalized spacial score (nSPS) is 10.7. The van der Waals surface area contributed by atoms with Gasteiger partial charge in [-0.2, -0.15) is 0 Å². The van der Waals surface area contributed by atoms with Crippen molar-refractivity contribution in [2.45, 2.75) is 39.2 Å². The average Bonchev–Trinajstić information content (AvgIpc) is 2.09. The predicted octanol–water partition coefficient (Wildman–Crippen LogP) is 1.93. The largest absolute Gasteiger partial charge is 0.317 e. The minimum Gasteiger partial charge on any atom is -0.317 e. The first-order chi connectivity index (χ1) is 6.27. The van der Waals surface area contributed by atoms with Crippen LogP contribution in [0.1, 0.15) is 33.1 Å². The van der Waals surface area contributed by atoms with Crippen LogP contribution in [-0.4, -0.2) is 25.7 Å². The molecule has 0 saturated carbocycles. The molecule has 0 aliphatic heterocycles. The van der Waals surface area contributed by atoms with E-state index in [-0.39, 0.29) is 0 Å². The zero-order valence-electron chi connectivity index (χ0n) is 9.10. The van der Waals surface area contributed by atoms with E-state index in [1.54, 1.807) is 0 Å². The Bertz CT molecular complexity index is 111. The van der Waals surface area contributed by atoms with Gasteiger partial charge in [-0.1, -0.05) is 19.9 Å². The van der Waals surface area contributed by atoms with E-state index < -0.39 is 0 Å². The second kappa shape index (κ2) is 9.75. The van der Waals surface area contributed by atoms with Crippen molar-refractivity contribution in [2.24, 2.45) is 0 Å². The van der Waals surface area contributed by atoms with Crippen molar-refractivity contribution in [3.8, 4) is 0 Å². The summed E-state index contributed by atoms with van der Waals surface area (Å²) >= 11 is 0. The van der Waals surface area contributed by atoms with Gasteiger partial charge in [0.15, 0.2) is 0 Å². The Labute approximate surface area is 82.8 Å². The molecular weight excluding hydrogens is 160 g/mol. The van der Waals surface area contributed by atoms with Crippen LogP contribution in [0.3, 0.4) is 0 Å². The second-order valence-corrected chi connectivity index (χ2v) is 3.64. The summed E-state index contributed by atoms with van der Waals surface area (Å²) < 4.78 is 0. The highest BCUT2D eigenvalue weighted by Crippen LogP contribution is 1.86. The van der Waals surface area contributed by atoms with Crippen LogP contribution in [-0.2, 0) is 0 Å². The molecule has 0 radical (unpaired) electrons. The Morgan fingerprint density at radius 2 is 1.85 bits per heavy atom. The first-order valence-electron chi connectivity index (χ1n) is 5.32. The minimum absolute atomic E-state index is 0.612. The summed E-state index contributed by atoms with van der Waals surface area (Å²) in [5.41, 5.74) is 0. The Balaban J connectivity index is 2.87. The molecule has 0 amide bonds. The Morgan fingerprint density at radius 3 is 2.46 bits per heavy atom. The van der Waals surface area contributed by atoms with E-state index in [2.05, 4.69) is 31.1 Å². The molecular formula is C11H24N2. The molecule has 0 saturated heterocycles. The van der Waals surface area contributed by atoms with Crippen LogP contribution < -0.4 is 10.6 Å². The van der Waals surface area contributed by atoms with Gasteiger partial charge in [-0.3, -0.25) is 0 Å². The number of hydrogen-bond acceptors (Lipinski definition) is 2. The Hall–Kier alpha value is -0.340. The van der Waals surface area contributed by atoms with E-state index in [4.69, 9.17) is 0 Å². The predicted molar refractivity (Wildman–Crippen MR) is 60.1 cm³/mol. The fraction of sp³-hybridized carbons (Fsp3) is 0.818. The van der Waals surface area contributed by atoms with E-state index in [9.17, 15) is 0 Å². The van der Waals surface area contributed by atoms with Crippen molar-refractivity contribution in [2.75, 3.05) is 19.6 Å². The van der Waals surface area contributed by atoms with Gasteiger partial charge in [0.2, 0.25) is 0 Å². The molecule has 0 aromatic heterocycles. The Morgan fingerprint density at radius 1 is 1.15 bits per heavy atom. The van der Waals surface area contributed by atoms with Crippen molar-refractivity contribution in [1.29, 1.82) is 0 Å². The minimum atomic E-state index is 0.612. The van der Waals surface area contributed by atoms with Gasteiger partial charge in [-0.05, 0) is 38.9 Å². The molecule has 0 aromatic carbocycles. The molecule has 78 valence electrons. The monoisotopic (exact) mass is 184 g/mol. The van der Waals surface area contributed by atoms with Crippen molar-refractivity contribution in [3.63, 3.8) is 0 Å². The lowest BCUT2D eigenvalue weighted by Crippen LogP contribution is -2.27. The highest BCUT2D eigenvalue weighted by Gasteiger charge is 1.91. The molecule has 0 atom stereocenters. The molecule has 0 aliphatic rings. The number of unbranched alkanes of at least 4 members (excludes halogenated alkanes) is 1. The molecule has 2 N–H and O–H groups in total. The van der Waals surface area contributed by atoms with Crippen molar-refractivity contribution >= 4 is 0 Å². The third kappa shape index (κ3) is 11.7. The van der Waals surface area contributed by atoms with Gasteiger partial charge < -0.3 is 10.6 Å². The summed E-state index contributed by atoms with van der Waals surface area (Å²) in [5, 5.41) is 6.80. The lowest BCUT2D eigenvalue weighted by molar-refractivity contribution is 0.544. The standard InChI is InChI=1S/C11H24N2/c1-4-5-6-8-12-9-7-10-13-11(2)3/h4,11-13H,1,5-10H2,2-3H3. The zero-order valence-corrected chi connectivity index (χ0v) is 9.10. The molecule has 0 bridgehead atoms. The summed E-state index contributed by atoms with van der Waals surface area (Å²) in [4.78, 5) is 0. The van der Waals surface area contributed by atoms with Gasteiger partial charge in [-0.25, -0.2) is 0 Å². The fourth-order valence-electron chi connectivity index (χ4n) is 1.10. The quantitative estimate of drug-likeness (QED) is 0.422. The van der Waals surface area contributed by atoms with Gasteiger partial charge >= 0.3 is 0 Å². The summed E-state index contributed by atoms with van der Waals surface area (Å²) in [6.45, 7) is 11.4. The van der Waals surface area contributed by atoms with E-state index in [1.165, 1.54) is 12.8 Å². The first-order valence-corrected chi connectivity index (χ1v) is 5.32. The van der Waals surface area contributed by atoms with E-state index in [1.807, 2.05) is 6.08 Å². The molecule has 2 nitrogen and oxygen atoms in total. The molecule has 2 heteroatoms. The molecule has 0 aliphatic carbocycles. The molecule has 0 spiro atoms. The van der Waals surface area contributed by atoms with Crippen molar-refractivity contribution in [3.05, 3.63) is 12.7 Å². The van der Waals surface area contributed by atoms with Crippen LogP contribution in [0.4, 0.5) is 0 Å². The van der Waals surface area contributed by atoms with E-state index >= 15 is 0 Å². The van der Waals surface area contributed by atoms with Gasteiger partial charge in [0.25, 0.3) is 0 Å². The number of allylic oxidation sites excluding steroid dienone is 1. The maximum Gasteiger partial charge on any atom is 0.00103 e. The van der Waals surface area contributed by atoms with Crippen LogP contribution in [0.15, 0.2) is 12.7 Å². The molecule has 0 rings (SSSR count). The van der Waals surface area contributed by atoms with Gasteiger partial charge in [-0.15, -0.1) is 6.58 Å². The second-order valence-electron chi connectivity index (χ2n) is 3.64. The first kappa shape index (κ1) is 12.7. The average molecular weight is 184 g/mol. The molecule has 0 heterocycles. The maximum absolute atomic E-state index is 3.69. The van der Waals surface area contributed by atoms with Crippen LogP contribution in [0.5, 0.6) is 0 Å². The molecule has 0 aromatic rings. The highest BCUT2D eigenvalue weighted by molar-refractivity contribution is 4.66. The van der Waals surface area contributed by atoms with Gasteiger partial charge in [0.1, 0.15) is 0 Å². The zero-order chi connectivity index (χ0) is 9.94. The third-order valence-corrected chi connectivity index (χ3v) is 1.84. The Kier molecular flexibility index (Phi) is 9.49. The summed E-state index contributed by atoms with van der Waals surface area (Å²) in [6, 6.07) is 0.612. The maximum atomic E-state index is 3.69. The van der Waals surface area contributed by atoms with Gasteiger partial charge in [0, 0.05) is 6.04 Å². The topological polar surface area (TPSA) is 24.1 Å². The van der Waals surface area contributed by atoms with Crippen LogP contribution in [0.2, 0.25) is 0 Å². The SMILES string of the molecule is C=CCCCNCCCNC(C)C. The van der Waals surface area contributed by atoms with Crippen molar-refractivity contribution in [1.82, 2.24) is 10.6 Å².